The summed E-state index contributed by atoms with van der Waals surface area (Å²) in [6.07, 6.45) is 0.877. The molecule has 22 heavy (non-hydrogen) atoms. The third-order valence-corrected chi connectivity index (χ3v) is 3.99. The lowest BCUT2D eigenvalue weighted by molar-refractivity contribution is -0.120. The van der Waals surface area contributed by atoms with Gasteiger partial charge in [0.15, 0.2) is 6.61 Å². The van der Waals surface area contributed by atoms with E-state index in [0.29, 0.717) is 22.3 Å². The second-order valence-corrected chi connectivity index (χ2v) is 5.97. The minimum Gasteiger partial charge on any atom is -0.482 e. The van der Waals surface area contributed by atoms with Crippen molar-refractivity contribution in [3.8, 4) is 5.75 Å². The number of benzene rings is 1. The highest BCUT2D eigenvalue weighted by molar-refractivity contribution is 6.35. The predicted octanol–water partition coefficient (Wildman–Crippen LogP) is 3.31. The third-order valence-electron chi connectivity index (χ3n) is 3.46. The van der Waals surface area contributed by atoms with Gasteiger partial charge in [-0.05, 0) is 31.5 Å². The Balaban J connectivity index is 1.70. The van der Waals surface area contributed by atoms with Crippen molar-refractivity contribution in [3.05, 3.63) is 40.0 Å². The van der Waals surface area contributed by atoms with Gasteiger partial charge in [0.25, 0.3) is 5.91 Å². The van der Waals surface area contributed by atoms with Gasteiger partial charge in [0.1, 0.15) is 11.6 Å². The summed E-state index contributed by atoms with van der Waals surface area (Å²) in [7, 11) is 0. The van der Waals surface area contributed by atoms with Gasteiger partial charge in [0, 0.05) is 24.2 Å². The van der Waals surface area contributed by atoms with Crippen molar-refractivity contribution in [2.24, 2.45) is 0 Å². The summed E-state index contributed by atoms with van der Waals surface area (Å²) in [6.45, 7) is 3.34. The Morgan fingerprint density at radius 2 is 2.14 bits per heavy atom. The van der Waals surface area contributed by atoms with E-state index in [4.69, 9.17) is 27.9 Å². The number of carbonyl (C=O) groups excluding carboxylic acids is 1. The van der Waals surface area contributed by atoms with Crippen LogP contribution in [0.15, 0.2) is 24.3 Å². The standard InChI is InChI=1S/C15H15Cl2N3O2/c1-10-7-14-19(5-2-6-20(14)18-10)15(21)9-22-13-4-3-11(16)8-12(13)17/h3-4,7-8H,2,5-6,9H2,1H3. The van der Waals surface area contributed by atoms with Gasteiger partial charge >= 0.3 is 0 Å². The zero-order valence-corrected chi connectivity index (χ0v) is 13.6. The number of hydrogen-bond donors (Lipinski definition) is 0. The maximum atomic E-state index is 12.4. The maximum absolute atomic E-state index is 12.4. The summed E-state index contributed by atoms with van der Waals surface area (Å²) in [4.78, 5) is 14.1. The topological polar surface area (TPSA) is 47.4 Å². The molecule has 5 nitrogen and oxygen atoms in total. The highest BCUT2D eigenvalue weighted by Gasteiger charge is 2.24. The van der Waals surface area contributed by atoms with Gasteiger partial charge in [-0.1, -0.05) is 23.2 Å². The normalized spacial score (nSPS) is 13.9. The van der Waals surface area contributed by atoms with Gasteiger partial charge in [-0.3, -0.25) is 9.69 Å². The first kappa shape index (κ1) is 15.2. The van der Waals surface area contributed by atoms with Crippen LogP contribution >= 0.6 is 23.2 Å². The minimum atomic E-state index is -0.119. The maximum Gasteiger partial charge on any atom is 0.266 e. The molecule has 3 rings (SSSR count). The van der Waals surface area contributed by atoms with Gasteiger partial charge in [-0.25, -0.2) is 4.68 Å². The van der Waals surface area contributed by atoms with E-state index in [0.717, 1.165) is 24.5 Å². The molecular formula is C15H15Cl2N3O2. The molecule has 1 aromatic heterocycles. The number of rotatable bonds is 3. The summed E-state index contributed by atoms with van der Waals surface area (Å²) in [5.74, 6) is 1.15. The molecule has 0 saturated carbocycles. The van der Waals surface area contributed by atoms with E-state index in [1.54, 1.807) is 23.1 Å². The fourth-order valence-corrected chi connectivity index (χ4v) is 2.93. The Kier molecular flexibility index (Phi) is 4.27. The van der Waals surface area contributed by atoms with Crippen molar-refractivity contribution >= 4 is 34.9 Å². The van der Waals surface area contributed by atoms with Crippen molar-refractivity contribution in [1.82, 2.24) is 9.78 Å². The molecule has 1 aliphatic rings. The third kappa shape index (κ3) is 3.05. The summed E-state index contributed by atoms with van der Waals surface area (Å²) >= 11 is 11.9. The molecule has 116 valence electrons. The highest BCUT2D eigenvalue weighted by atomic mass is 35.5. The average molecular weight is 340 g/mol. The number of aryl methyl sites for hydroxylation is 2. The summed E-state index contributed by atoms with van der Waals surface area (Å²) in [6, 6.07) is 6.82. The van der Waals surface area contributed by atoms with Crippen LogP contribution in [0.5, 0.6) is 5.75 Å². The molecule has 2 aromatic rings. The van der Waals surface area contributed by atoms with E-state index >= 15 is 0 Å². The molecule has 1 aliphatic heterocycles. The first-order valence-electron chi connectivity index (χ1n) is 6.97. The largest absolute Gasteiger partial charge is 0.482 e. The molecule has 0 atom stereocenters. The van der Waals surface area contributed by atoms with Gasteiger partial charge in [0.2, 0.25) is 0 Å². The molecule has 1 aromatic carbocycles. The first-order chi connectivity index (χ1) is 10.5. The van der Waals surface area contributed by atoms with Crippen LogP contribution in [0.4, 0.5) is 5.82 Å². The van der Waals surface area contributed by atoms with Crippen LogP contribution in [0.2, 0.25) is 10.0 Å². The molecule has 2 heterocycles. The van der Waals surface area contributed by atoms with Crippen LogP contribution in [0.3, 0.4) is 0 Å². The van der Waals surface area contributed by atoms with Crippen LogP contribution in [0, 0.1) is 6.92 Å². The SMILES string of the molecule is Cc1cc2n(n1)CCCN2C(=O)COc1ccc(Cl)cc1Cl. The van der Waals surface area contributed by atoms with Crippen molar-refractivity contribution in [1.29, 1.82) is 0 Å². The van der Waals surface area contributed by atoms with Crippen LogP contribution < -0.4 is 9.64 Å². The Labute approximate surface area is 138 Å². The fourth-order valence-electron chi connectivity index (χ4n) is 2.47. The Morgan fingerprint density at radius 3 is 2.91 bits per heavy atom. The van der Waals surface area contributed by atoms with Crippen molar-refractivity contribution in [2.75, 3.05) is 18.1 Å². The van der Waals surface area contributed by atoms with E-state index < -0.39 is 0 Å². The number of anilines is 1. The quantitative estimate of drug-likeness (QED) is 0.861. The molecule has 0 radical (unpaired) electrons. The van der Waals surface area contributed by atoms with Crippen LogP contribution in [0.25, 0.3) is 0 Å². The molecule has 0 spiro atoms. The average Bonchev–Trinajstić information content (AvgIpc) is 2.86. The highest BCUT2D eigenvalue weighted by Crippen LogP contribution is 2.28. The Morgan fingerprint density at radius 1 is 1.32 bits per heavy atom. The van der Waals surface area contributed by atoms with Crippen LogP contribution in [-0.2, 0) is 11.3 Å². The lowest BCUT2D eigenvalue weighted by atomic mass is 10.3. The number of carbonyl (C=O) groups is 1. The number of nitrogens with zero attached hydrogens (tertiary/aromatic N) is 3. The smallest absolute Gasteiger partial charge is 0.266 e. The second-order valence-electron chi connectivity index (χ2n) is 5.13. The molecule has 0 fully saturated rings. The number of fused-ring (bicyclic) bond motifs is 1. The van der Waals surface area contributed by atoms with Gasteiger partial charge in [0.05, 0.1) is 10.7 Å². The van der Waals surface area contributed by atoms with E-state index in [2.05, 4.69) is 5.10 Å². The molecular weight excluding hydrogens is 325 g/mol. The van der Waals surface area contributed by atoms with E-state index in [1.165, 1.54) is 0 Å². The van der Waals surface area contributed by atoms with Crippen molar-refractivity contribution < 1.29 is 9.53 Å². The molecule has 1 amide bonds. The minimum absolute atomic E-state index is 0.0778. The molecule has 0 saturated heterocycles. The van der Waals surface area contributed by atoms with Crippen molar-refractivity contribution in [3.63, 3.8) is 0 Å². The number of aromatic nitrogens is 2. The number of amides is 1. The molecule has 0 unspecified atom stereocenters. The monoisotopic (exact) mass is 339 g/mol. The van der Waals surface area contributed by atoms with Crippen LogP contribution in [-0.4, -0.2) is 28.8 Å². The van der Waals surface area contributed by atoms with Gasteiger partial charge < -0.3 is 4.74 Å². The van der Waals surface area contributed by atoms with E-state index in [-0.39, 0.29) is 12.5 Å². The zero-order valence-electron chi connectivity index (χ0n) is 12.1. The summed E-state index contributed by atoms with van der Waals surface area (Å²) in [5.41, 5.74) is 0.899. The number of halogens is 2. The van der Waals surface area contributed by atoms with Gasteiger partial charge in [-0.15, -0.1) is 0 Å². The first-order valence-corrected chi connectivity index (χ1v) is 7.73. The molecule has 0 N–H and O–H groups in total. The summed E-state index contributed by atoms with van der Waals surface area (Å²) < 4.78 is 7.37. The van der Waals surface area contributed by atoms with Crippen LogP contribution in [0.1, 0.15) is 12.1 Å². The molecule has 7 heteroatoms. The lowest BCUT2D eigenvalue weighted by Crippen LogP contribution is -2.40. The molecule has 0 bridgehead atoms. The zero-order chi connectivity index (χ0) is 15.7. The number of ether oxygens (including phenoxy) is 1. The Hall–Kier alpha value is -1.72. The van der Waals surface area contributed by atoms with E-state index in [9.17, 15) is 4.79 Å². The Bertz CT molecular complexity index is 715. The summed E-state index contributed by atoms with van der Waals surface area (Å²) in [5, 5.41) is 5.29. The predicted molar refractivity (Wildman–Crippen MR) is 85.9 cm³/mol. The second kappa shape index (κ2) is 6.18. The molecule has 0 aliphatic carbocycles. The number of hydrogen-bond acceptors (Lipinski definition) is 3. The van der Waals surface area contributed by atoms with E-state index in [1.807, 2.05) is 17.7 Å². The fraction of sp³-hybridized carbons (Fsp3) is 0.333. The lowest BCUT2D eigenvalue weighted by Gasteiger charge is -2.27. The van der Waals surface area contributed by atoms with Gasteiger partial charge in [-0.2, -0.15) is 5.10 Å². The van der Waals surface area contributed by atoms with Crippen molar-refractivity contribution in [2.45, 2.75) is 19.9 Å².